The van der Waals surface area contributed by atoms with E-state index in [2.05, 4.69) is 60.7 Å². The van der Waals surface area contributed by atoms with Gasteiger partial charge < -0.3 is 19.5 Å². The zero-order valence-electron chi connectivity index (χ0n) is 26.8. The van der Waals surface area contributed by atoms with E-state index >= 15 is 0 Å². The Morgan fingerprint density at radius 3 is 2.43 bits per heavy atom. The molecule has 1 aliphatic heterocycles. The fourth-order valence-corrected chi connectivity index (χ4v) is 6.29. The summed E-state index contributed by atoms with van der Waals surface area (Å²) in [5.41, 5.74) is 4.99. The summed E-state index contributed by atoms with van der Waals surface area (Å²) in [7, 11) is 1.42. The summed E-state index contributed by atoms with van der Waals surface area (Å²) in [6.07, 6.45) is 12.7. The first-order valence-corrected chi connectivity index (χ1v) is 16.5. The predicted octanol–water partition coefficient (Wildman–Crippen LogP) is 8.86. The Kier molecular flexibility index (Phi) is 12.3. The molecule has 4 rings (SSSR count). The number of carbonyl (C=O) groups is 1. The van der Waals surface area contributed by atoms with Crippen LogP contribution in [0.4, 0.5) is 11.6 Å². The first-order chi connectivity index (χ1) is 20.3. The van der Waals surface area contributed by atoms with Crippen molar-refractivity contribution >= 4 is 28.6 Å². The second-order valence-corrected chi connectivity index (χ2v) is 13.2. The minimum absolute atomic E-state index is 0.334. The maximum absolute atomic E-state index is 12.2. The van der Waals surface area contributed by atoms with Crippen molar-refractivity contribution < 1.29 is 9.53 Å². The molecule has 0 aliphatic carbocycles. The number of nitrogens with zero attached hydrogens (tertiary/aromatic N) is 3. The fraction of sp³-hybridized carbons (Fsp3) is 0.611. The number of hydrogen-bond acceptors (Lipinski definition) is 5. The fourth-order valence-electron chi connectivity index (χ4n) is 6.29. The number of methoxy groups -OCH3 is 1. The highest BCUT2D eigenvalue weighted by Gasteiger charge is 2.17. The van der Waals surface area contributed by atoms with Crippen molar-refractivity contribution in [3.63, 3.8) is 0 Å². The molecule has 1 aromatic heterocycles. The van der Waals surface area contributed by atoms with Crippen LogP contribution in [0.1, 0.15) is 101 Å². The third-order valence-corrected chi connectivity index (χ3v) is 8.73. The number of esters is 1. The molecule has 0 saturated carbocycles. The molecule has 1 fully saturated rings. The number of anilines is 2. The number of imidazole rings is 1. The number of likely N-dealkylation sites (tertiary alicyclic amines) is 1. The van der Waals surface area contributed by atoms with Crippen LogP contribution < -0.4 is 5.32 Å². The number of aryl methyl sites for hydroxylation is 1. The SMILES string of the molecule is COC(=O)c1cccc(Nc2nc3ccc(CC(CCCC(C)C)CCC(C)C)cc3n2CCCN2CCCCC2)c1. The molecule has 3 aromatic rings. The van der Waals surface area contributed by atoms with Gasteiger partial charge in [-0.15, -0.1) is 0 Å². The Morgan fingerprint density at radius 1 is 0.905 bits per heavy atom. The van der Waals surface area contributed by atoms with E-state index in [1.807, 2.05) is 18.2 Å². The minimum Gasteiger partial charge on any atom is -0.465 e. The van der Waals surface area contributed by atoms with Crippen LogP contribution in [0.3, 0.4) is 0 Å². The average Bonchev–Trinajstić information content (AvgIpc) is 3.31. The third-order valence-electron chi connectivity index (χ3n) is 8.73. The standard InChI is InChI=1S/C36H54N4O2/c1-27(2)12-9-13-29(17-16-28(3)4)24-30-18-19-33-34(25-30)40(23-11-22-39-20-7-6-8-21-39)36(38-33)37-32-15-10-14-31(26-32)35(41)42-5/h10,14-15,18-19,25-29H,6-9,11-13,16-17,20-24H2,1-5H3,(H,37,38). The van der Waals surface area contributed by atoms with E-state index in [-0.39, 0.29) is 5.97 Å². The summed E-state index contributed by atoms with van der Waals surface area (Å²) in [6, 6.07) is 14.4. The lowest BCUT2D eigenvalue weighted by atomic mass is 9.87. The summed E-state index contributed by atoms with van der Waals surface area (Å²) in [5.74, 6) is 2.73. The van der Waals surface area contributed by atoms with Crippen molar-refractivity contribution in [2.24, 2.45) is 17.8 Å². The second-order valence-electron chi connectivity index (χ2n) is 13.2. The van der Waals surface area contributed by atoms with Gasteiger partial charge in [-0.25, -0.2) is 9.78 Å². The van der Waals surface area contributed by atoms with Crippen molar-refractivity contribution in [3.05, 3.63) is 53.6 Å². The number of fused-ring (bicyclic) bond motifs is 1. The highest BCUT2D eigenvalue weighted by atomic mass is 16.5. The molecule has 6 nitrogen and oxygen atoms in total. The van der Waals surface area contributed by atoms with Gasteiger partial charge >= 0.3 is 5.97 Å². The van der Waals surface area contributed by atoms with Gasteiger partial charge in [0.15, 0.2) is 0 Å². The Labute approximate surface area is 254 Å². The van der Waals surface area contributed by atoms with Crippen LogP contribution in [0, 0.1) is 17.8 Å². The molecule has 6 heteroatoms. The summed E-state index contributed by atoms with van der Waals surface area (Å²) in [4.78, 5) is 19.8. The number of aromatic nitrogens is 2. The number of rotatable bonds is 16. The number of benzene rings is 2. The molecule has 2 heterocycles. The Balaban J connectivity index is 1.58. The van der Waals surface area contributed by atoms with E-state index < -0.39 is 0 Å². The smallest absolute Gasteiger partial charge is 0.337 e. The lowest BCUT2D eigenvalue weighted by molar-refractivity contribution is 0.0600. The number of hydrogen-bond donors (Lipinski definition) is 1. The minimum atomic E-state index is -0.334. The molecule has 0 amide bonds. The third kappa shape index (κ3) is 9.58. The number of nitrogens with one attached hydrogen (secondary N) is 1. The van der Waals surface area contributed by atoms with Crippen molar-refractivity contribution in [2.75, 3.05) is 32.1 Å². The van der Waals surface area contributed by atoms with Gasteiger partial charge in [0, 0.05) is 12.2 Å². The van der Waals surface area contributed by atoms with Crippen LogP contribution >= 0.6 is 0 Å². The molecule has 2 aromatic carbocycles. The monoisotopic (exact) mass is 574 g/mol. The summed E-state index contributed by atoms with van der Waals surface area (Å²) >= 11 is 0. The van der Waals surface area contributed by atoms with Gasteiger partial charge in [-0.1, -0.05) is 71.9 Å². The quantitative estimate of drug-likeness (QED) is 0.173. The van der Waals surface area contributed by atoms with E-state index in [1.165, 1.54) is 82.6 Å². The molecule has 1 atom stereocenters. The van der Waals surface area contributed by atoms with Crippen LogP contribution in [-0.4, -0.2) is 47.2 Å². The van der Waals surface area contributed by atoms with Gasteiger partial charge in [0.25, 0.3) is 0 Å². The Hall–Kier alpha value is -2.86. The summed E-state index contributed by atoms with van der Waals surface area (Å²) < 4.78 is 7.30. The number of carbonyl (C=O) groups excluding carboxylic acids is 1. The highest BCUT2D eigenvalue weighted by molar-refractivity contribution is 5.90. The van der Waals surface area contributed by atoms with Gasteiger partial charge in [-0.05, 0) is 105 Å². The molecule has 0 bridgehead atoms. The molecule has 1 unspecified atom stereocenters. The zero-order valence-corrected chi connectivity index (χ0v) is 26.8. The number of ether oxygens (including phenoxy) is 1. The Bertz CT molecular complexity index is 1260. The predicted molar refractivity (Wildman–Crippen MR) is 176 cm³/mol. The van der Waals surface area contributed by atoms with Crippen LogP contribution in [0.25, 0.3) is 11.0 Å². The maximum Gasteiger partial charge on any atom is 0.337 e. The van der Waals surface area contributed by atoms with Crippen LogP contribution in [-0.2, 0) is 17.7 Å². The molecule has 0 spiro atoms. The zero-order chi connectivity index (χ0) is 29.9. The normalized spacial score (nSPS) is 15.0. The van der Waals surface area contributed by atoms with E-state index in [9.17, 15) is 4.79 Å². The van der Waals surface area contributed by atoms with E-state index in [0.717, 1.165) is 60.8 Å². The van der Waals surface area contributed by atoms with E-state index in [0.29, 0.717) is 5.56 Å². The van der Waals surface area contributed by atoms with Crippen LogP contribution in [0.2, 0.25) is 0 Å². The molecule has 0 radical (unpaired) electrons. The first kappa shape index (κ1) is 32.1. The topological polar surface area (TPSA) is 59.4 Å². The molecule has 42 heavy (non-hydrogen) atoms. The molecular formula is C36H54N4O2. The van der Waals surface area contributed by atoms with Gasteiger partial charge in [-0.2, -0.15) is 0 Å². The van der Waals surface area contributed by atoms with Gasteiger partial charge in [0.05, 0.1) is 23.7 Å². The van der Waals surface area contributed by atoms with Gasteiger partial charge in [0.1, 0.15) is 0 Å². The van der Waals surface area contributed by atoms with Crippen molar-refractivity contribution in [3.8, 4) is 0 Å². The lowest BCUT2D eigenvalue weighted by Crippen LogP contribution is -2.31. The molecule has 1 saturated heterocycles. The molecule has 1 aliphatic rings. The maximum atomic E-state index is 12.2. The van der Waals surface area contributed by atoms with Crippen molar-refractivity contribution in [1.82, 2.24) is 14.5 Å². The summed E-state index contributed by atoms with van der Waals surface area (Å²) in [6.45, 7) is 13.8. The van der Waals surface area contributed by atoms with E-state index in [1.54, 1.807) is 6.07 Å². The first-order valence-electron chi connectivity index (χ1n) is 16.5. The van der Waals surface area contributed by atoms with Crippen molar-refractivity contribution in [2.45, 2.75) is 98.4 Å². The molecule has 230 valence electrons. The van der Waals surface area contributed by atoms with Crippen LogP contribution in [0.15, 0.2) is 42.5 Å². The van der Waals surface area contributed by atoms with E-state index in [4.69, 9.17) is 9.72 Å². The largest absolute Gasteiger partial charge is 0.465 e. The van der Waals surface area contributed by atoms with Gasteiger partial charge in [-0.3, -0.25) is 0 Å². The van der Waals surface area contributed by atoms with Gasteiger partial charge in [0.2, 0.25) is 5.95 Å². The van der Waals surface area contributed by atoms with Crippen molar-refractivity contribution in [1.29, 1.82) is 0 Å². The summed E-state index contributed by atoms with van der Waals surface area (Å²) in [5, 5.41) is 3.53. The second kappa shape index (κ2) is 16.1. The molecule has 1 N–H and O–H groups in total. The lowest BCUT2D eigenvalue weighted by Gasteiger charge is -2.26. The Morgan fingerprint density at radius 2 is 1.69 bits per heavy atom. The number of piperidine rings is 1. The highest BCUT2D eigenvalue weighted by Crippen LogP contribution is 2.29. The van der Waals surface area contributed by atoms with Crippen LogP contribution in [0.5, 0.6) is 0 Å². The average molecular weight is 575 g/mol. The molecular weight excluding hydrogens is 520 g/mol.